The van der Waals surface area contributed by atoms with Crippen LogP contribution in [0.1, 0.15) is 12.5 Å². The third kappa shape index (κ3) is 4.46. The fourth-order valence-electron chi connectivity index (χ4n) is 4.42. The first kappa shape index (κ1) is 23.9. The van der Waals surface area contributed by atoms with Crippen molar-refractivity contribution in [3.8, 4) is 17.2 Å². The highest BCUT2D eigenvalue weighted by Gasteiger charge is 2.30. The minimum absolute atomic E-state index is 0.101. The molecule has 0 radical (unpaired) electrons. The van der Waals surface area contributed by atoms with Crippen LogP contribution in [0.25, 0.3) is 16.7 Å². The van der Waals surface area contributed by atoms with Gasteiger partial charge < -0.3 is 9.84 Å². The smallest absolute Gasteiger partial charge is 0.334 e. The van der Waals surface area contributed by atoms with Crippen molar-refractivity contribution in [1.29, 1.82) is 0 Å². The molecule has 180 valence electrons. The zero-order chi connectivity index (χ0) is 24.7. The van der Waals surface area contributed by atoms with Gasteiger partial charge in [0.15, 0.2) is 0 Å². The molecule has 0 spiro atoms. The van der Waals surface area contributed by atoms with Crippen LogP contribution in [0.15, 0.2) is 72.3 Å². The third-order valence-electron chi connectivity index (χ3n) is 6.11. The summed E-state index contributed by atoms with van der Waals surface area (Å²) in [5, 5.41) is 11.3. The van der Waals surface area contributed by atoms with Gasteiger partial charge in [0, 0.05) is 25.4 Å². The van der Waals surface area contributed by atoms with Crippen LogP contribution in [0.2, 0.25) is 15.1 Å². The average molecular weight is 532 g/mol. The Morgan fingerprint density at radius 1 is 1.09 bits per heavy atom. The van der Waals surface area contributed by atoms with Gasteiger partial charge in [-0.3, -0.25) is 19.0 Å². The van der Waals surface area contributed by atoms with E-state index < -0.39 is 6.23 Å². The molecule has 1 saturated heterocycles. The van der Waals surface area contributed by atoms with E-state index >= 15 is 0 Å². The zero-order valence-corrected chi connectivity index (χ0v) is 20.7. The number of halogens is 3. The number of hydrogen-bond acceptors (Lipinski definition) is 5. The van der Waals surface area contributed by atoms with Gasteiger partial charge >= 0.3 is 5.69 Å². The Morgan fingerprint density at radius 2 is 1.91 bits per heavy atom. The maximum atomic E-state index is 13.7. The van der Waals surface area contributed by atoms with Crippen LogP contribution in [0, 0.1) is 0 Å². The number of likely N-dealkylation sites (tertiary alicyclic amines) is 1. The molecule has 1 N–H and O–H groups in total. The van der Waals surface area contributed by atoms with E-state index in [4.69, 9.17) is 39.5 Å². The van der Waals surface area contributed by atoms with Crippen molar-refractivity contribution in [2.24, 2.45) is 0 Å². The van der Waals surface area contributed by atoms with E-state index in [2.05, 4.69) is 11.6 Å². The molecule has 5 rings (SSSR count). The van der Waals surface area contributed by atoms with Gasteiger partial charge in [0.05, 0.1) is 44.0 Å². The summed E-state index contributed by atoms with van der Waals surface area (Å²) in [6.07, 6.45) is 4.79. The first-order chi connectivity index (χ1) is 16.9. The van der Waals surface area contributed by atoms with Crippen molar-refractivity contribution < 1.29 is 9.84 Å². The number of aliphatic hydroxyl groups is 1. The van der Waals surface area contributed by atoms with Crippen molar-refractivity contribution in [1.82, 2.24) is 19.0 Å². The summed E-state index contributed by atoms with van der Waals surface area (Å²) >= 11 is 18.6. The highest BCUT2D eigenvalue weighted by Crippen LogP contribution is 2.35. The topological polar surface area (TPSA) is 72.5 Å². The Labute approximate surface area is 216 Å². The predicted octanol–water partition coefficient (Wildman–Crippen LogP) is 5.69. The molecule has 0 aliphatic carbocycles. The first-order valence-corrected chi connectivity index (χ1v) is 12.0. The van der Waals surface area contributed by atoms with E-state index in [0.717, 1.165) is 11.9 Å². The van der Waals surface area contributed by atoms with Gasteiger partial charge in [0.1, 0.15) is 17.7 Å². The molecular weight excluding hydrogens is 511 g/mol. The number of rotatable bonds is 6. The summed E-state index contributed by atoms with van der Waals surface area (Å²) < 4.78 is 9.22. The lowest BCUT2D eigenvalue weighted by atomic mass is 10.2. The Bertz CT molecular complexity index is 1480. The molecule has 3 heterocycles. The van der Waals surface area contributed by atoms with Crippen molar-refractivity contribution in [3.63, 3.8) is 0 Å². The van der Waals surface area contributed by atoms with Gasteiger partial charge in [-0.1, -0.05) is 41.4 Å². The van der Waals surface area contributed by atoms with E-state index in [1.165, 1.54) is 6.08 Å². The summed E-state index contributed by atoms with van der Waals surface area (Å²) in [6.45, 7) is 4.85. The van der Waals surface area contributed by atoms with Crippen LogP contribution in [0.4, 0.5) is 0 Å². The van der Waals surface area contributed by atoms with Crippen LogP contribution in [0.5, 0.6) is 11.5 Å². The monoisotopic (exact) mass is 530 g/mol. The number of benzene rings is 2. The molecule has 2 aromatic heterocycles. The van der Waals surface area contributed by atoms with Crippen LogP contribution < -0.4 is 10.4 Å². The Hall–Kier alpha value is -2.81. The predicted molar refractivity (Wildman–Crippen MR) is 138 cm³/mol. The number of nitrogens with zero attached hydrogens (tertiary/aromatic N) is 4. The summed E-state index contributed by atoms with van der Waals surface area (Å²) in [7, 11) is 0. The largest absolute Gasteiger partial charge is 0.456 e. The van der Waals surface area contributed by atoms with E-state index in [9.17, 15) is 9.90 Å². The lowest BCUT2D eigenvalue weighted by Crippen LogP contribution is -2.33. The standard InChI is InChI=1S/C25H21Cl3N4O3/c1-2-24(33)30-10-8-16(14-30)32-21-7-9-29-13-22(21)31(25(32)34)15-3-6-23(20(28)11-15)35-17-4-5-18(26)19(27)12-17/h2-7,9,11-13,16,24,33H,1,8,10,14H2/t16-,24?/m1/s1. The molecule has 7 nitrogen and oxygen atoms in total. The normalized spacial score (nSPS) is 17.1. The fourth-order valence-corrected chi connectivity index (χ4v) is 4.92. The maximum absolute atomic E-state index is 13.7. The molecule has 4 aromatic rings. The molecule has 0 amide bonds. The van der Waals surface area contributed by atoms with Gasteiger partial charge in [0.2, 0.25) is 0 Å². The Morgan fingerprint density at radius 3 is 2.66 bits per heavy atom. The van der Waals surface area contributed by atoms with E-state index in [-0.39, 0.29) is 11.7 Å². The number of ether oxygens (including phenoxy) is 1. The lowest BCUT2D eigenvalue weighted by molar-refractivity contribution is 0.0588. The number of imidazole rings is 1. The molecule has 1 aliphatic rings. The van der Waals surface area contributed by atoms with Gasteiger partial charge in [-0.15, -0.1) is 0 Å². The second-order valence-electron chi connectivity index (χ2n) is 8.23. The molecule has 1 aliphatic heterocycles. The maximum Gasteiger partial charge on any atom is 0.334 e. The third-order valence-corrected chi connectivity index (χ3v) is 7.15. The Kier molecular flexibility index (Phi) is 6.61. The highest BCUT2D eigenvalue weighted by atomic mass is 35.5. The lowest BCUT2D eigenvalue weighted by Gasteiger charge is -2.20. The number of pyridine rings is 1. The van der Waals surface area contributed by atoms with Crippen molar-refractivity contribution in [2.45, 2.75) is 18.7 Å². The SMILES string of the molecule is C=CC(O)N1CC[C@@H](n2c(=O)n(-c3ccc(Oc4ccc(Cl)c(Cl)c4)c(Cl)c3)c3cnccc32)C1. The molecule has 10 heteroatoms. The second kappa shape index (κ2) is 9.68. The number of aromatic nitrogens is 3. The molecule has 2 aromatic carbocycles. The van der Waals surface area contributed by atoms with Crippen molar-refractivity contribution in [2.75, 3.05) is 13.1 Å². The van der Waals surface area contributed by atoms with Gasteiger partial charge in [-0.25, -0.2) is 4.79 Å². The molecule has 0 bridgehead atoms. The molecule has 35 heavy (non-hydrogen) atoms. The quantitative estimate of drug-likeness (QED) is 0.324. The molecular formula is C25H21Cl3N4O3. The van der Waals surface area contributed by atoms with Crippen molar-refractivity contribution in [3.05, 3.63) is 93.1 Å². The summed E-state index contributed by atoms with van der Waals surface area (Å²) in [6, 6.07) is 11.8. The first-order valence-electron chi connectivity index (χ1n) is 10.9. The fraction of sp³-hybridized carbons (Fsp3) is 0.200. The number of hydrogen-bond donors (Lipinski definition) is 1. The van der Waals surface area contributed by atoms with Gasteiger partial charge in [0.25, 0.3) is 0 Å². The van der Waals surface area contributed by atoms with E-state index in [0.29, 0.717) is 50.9 Å². The van der Waals surface area contributed by atoms with E-state index in [1.807, 2.05) is 11.0 Å². The number of aliphatic hydroxyl groups excluding tert-OH is 1. The number of fused-ring (bicyclic) bond motifs is 1. The van der Waals surface area contributed by atoms with Gasteiger partial charge in [-0.2, -0.15) is 0 Å². The molecule has 1 unspecified atom stereocenters. The highest BCUT2D eigenvalue weighted by molar-refractivity contribution is 6.42. The van der Waals surface area contributed by atoms with E-state index in [1.54, 1.807) is 57.9 Å². The summed E-state index contributed by atoms with van der Waals surface area (Å²) in [5.41, 5.74) is 1.80. The van der Waals surface area contributed by atoms with Crippen molar-refractivity contribution >= 4 is 45.8 Å². The van der Waals surface area contributed by atoms with Crippen LogP contribution in [0.3, 0.4) is 0 Å². The summed E-state index contributed by atoms with van der Waals surface area (Å²) in [5.74, 6) is 0.896. The zero-order valence-electron chi connectivity index (χ0n) is 18.4. The molecule has 1 fully saturated rings. The minimum Gasteiger partial charge on any atom is -0.456 e. The Balaban J connectivity index is 1.52. The second-order valence-corrected chi connectivity index (χ2v) is 9.45. The van der Waals surface area contributed by atoms with Gasteiger partial charge in [-0.05, 0) is 48.9 Å². The minimum atomic E-state index is -0.743. The van der Waals surface area contributed by atoms with Crippen LogP contribution >= 0.6 is 34.8 Å². The van der Waals surface area contributed by atoms with Crippen LogP contribution in [-0.4, -0.2) is 43.4 Å². The molecule has 0 saturated carbocycles. The van der Waals surface area contributed by atoms with Crippen LogP contribution in [-0.2, 0) is 0 Å². The average Bonchev–Trinajstić information content (AvgIpc) is 3.44. The molecule has 2 atom stereocenters. The summed E-state index contributed by atoms with van der Waals surface area (Å²) in [4.78, 5) is 19.8.